The van der Waals surface area contributed by atoms with Gasteiger partial charge in [-0.05, 0) is 180 Å². The van der Waals surface area contributed by atoms with Gasteiger partial charge in [-0.1, -0.05) is 268 Å². The van der Waals surface area contributed by atoms with Gasteiger partial charge in [-0.2, -0.15) is 0 Å². The molecule has 14 aromatic carbocycles. The maximum Gasteiger partial charge on any atom is 0.252 e. The highest BCUT2D eigenvalue weighted by Crippen LogP contribution is 2.55. The minimum absolute atomic E-state index is 0.0119. The summed E-state index contributed by atoms with van der Waals surface area (Å²) < 4.78 is 135. The third-order valence-electron chi connectivity index (χ3n) is 21.0. The van der Waals surface area contributed by atoms with Gasteiger partial charge in [-0.3, -0.25) is 0 Å². The molecule has 3 aromatic heterocycles. The molecule has 0 radical (unpaired) electrons. The maximum absolute atomic E-state index is 10.2. The average molecular weight is 1330 g/mol. The van der Waals surface area contributed by atoms with Crippen LogP contribution < -0.4 is 26.2 Å². The average Bonchev–Trinajstić information content (AvgIpc) is 1.64. The Morgan fingerprint density at radius 1 is 0.314 bits per heavy atom. The molecule has 0 atom stereocenters. The molecule has 0 aliphatic carbocycles. The molecule has 2 aliphatic rings. The van der Waals surface area contributed by atoms with Crippen LogP contribution in [-0.4, -0.2) is 15.8 Å². The second kappa shape index (κ2) is 22.8. The SMILES string of the molecule is [2H]c1c([2H])c([2H])c(-c2ccc3c(c2)N(c2c(-c4ccccc4)cc(C(C)(C)C)cc2-c2ccccc2)c2cc(-n4c5c([2H])c([2H])c([2H])c([2H])c5c5c([2H])c([2H])c([2H])c([2H])c54)cc4c2B3c2ccc(-n3c5ccc(C(C)(C)C)cc5c5cc(C(C)(C)C)ccc53)cc2N4c2cc(-c3ccccc3)cc3oc4ccccc4c23)c([2H])c1[2H]. The molecular formula is C96H77BN4O. The molecule has 5 nitrogen and oxygen atoms in total. The molecule has 0 unspecified atom stereocenters. The van der Waals surface area contributed by atoms with Gasteiger partial charge in [0.05, 0.1) is 62.3 Å². The van der Waals surface area contributed by atoms with E-state index in [1.807, 2.05) is 103 Å². The summed E-state index contributed by atoms with van der Waals surface area (Å²) in [7, 11) is 0. The summed E-state index contributed by atoms with van der Waals surface area (Å²) in [5.41, 5.74) is 18.3. The van der Waals surface area contributed by atoms with E-state index < -0.39 is 78.6 Å². The normalized spacial score (nSPS) is 14.9. The van der Waals surface area contributed by atoms with E-state index >= 15 is 0 Å². The highest BCUT2D eigenvalue weighted by molar-refractivity contribution is 7.00. The Bertz CT molecular complexity index is 6850. The first-order valence-electron chi connectivity index (χ1n) is 41.4. The second-order valence-corrected chi connectivity index (χ2v) is 30.3. The number of fused-ring (bicyclic) bond motifs is 13. The predicted octanol–water partition coefficient (Wildman–Crippen LogP) is 24.4. The van der Waals surface area contributed by atoms with Crippen molar-refractivity contribution in [2.45, 2.75) is 78.6 Å². The maximum atomic E-state index is 10.2. The first-order chi connectivity index (χ1) is 54.9. The van der Waals surface area contributed by atoms with Gasteiger partial charge < -0.3 is 23.4 Å². The molecule has 0 spiro atoms. The molecule has 490 valence electrons. The molecule has 0 saturated heterocycles. The van der Waals surface area contributed by atoms with Crippen LogP contribution in [0.25, 0.3) is 121 Å². The van der Waals surface area contributed by atoms with Gasteiger partial charge in [0.1, 0.15) is 11.2 Å². The number of para-hydroxylation sites is 3. The second-order valence-electron chi connectivity index (χ2n) is 30.3. The quantitative estimate of drug-likeness (QED) is 0.142. The number of hydrogen-bond donors (Lipinski definition) is 0. The summed E-state index contributed by atoms with van der Waals surface area (Å²) in [4.78, 5) is 4.53. The van der Waals surface area contributed by atoms with Gasteiger partial charge in [-0.15, -0.1) is 0 Å². The zero-order valence-electron chi connectivity index (χ0n) is 71.1. The number of aromatic nitrogens is 2. The number of rotatable bonds is 8. The molecule has 2 aliphatic heterocycles. The monoisotopic (exact) mass is 1330 g/mol. The lowest BCUT2D eigenvalue weighted by molar-refractivity contribution is 0.590. The van der Waals surface area contributed by atoms with Gasteiger partial charge in [-0.25, -0.2) is 0 Å². The van der Waals surface area contributed by atoms with E-state index in [-0.39, 0.29) is 56.0 Å². The van der Waals surface area contributed by atoms with Gasteiger partial charge in [0, 0.05) is 66.5 Å². The smallest absolute Gasteiger partial charge is 0.252 e. The molecule has 0 N–H and O–H groups in total. The molecule has 0 bridgehead atoms. The molecule has 102 heavy (non-hydrogen) atoms. The molecule has 0 amide bonds. The Kier molecular flexibility index (Phi) is 10.9. The number of furan rings is 1. The Balaban J connectivity index is 1.06. The Labute approximate surface area is 615 Å². The first kappa shape index (κ1) is 48.8. The van der Waals surface area contributed by atoms with Crippen LogP contribution in [0.1, 0.15) is 96.8 Å². The number of nitrogens with zero attached hydrogens (tertiary/aromatic N) is 4. The standard InChI is InChI=1S/C96H77BN4O/c1-94(2,3)66-43-48-82-76(53-66)77-54-67(95(4,5)6)44-49-83(77)98(82)69-45-47-79-85(57-69)100(86-51-65(61-30-16-11-17-31-61)52-90-91(86)73-38-24-27-41-89(73)102-90)87-58-70(99-80-39-25-22-36-71(80)72-37-23-26-40-81(72)99)59-88-92(87)97(79)78-46-42-64(60-28-14-10-15-29-60)50-84(78)101(88)93-74(62-32-18-12-19-33-62)55-68(96(7,8)9)56-75(93)63-34-20-13-21-35-63/h10-59H,1-9H3/i10D,14D,15D,22D,23D,25D,26D,28D,29D,36D,37D,39D,40D. The van der Waals surface area contributed by atoms with Gasteiger partial charge in [0.15, 0.2) is 0 Å². The van der Waals surface area contributed by atoms with E-state index in [0.29, 0.717) is 45.2 Å². The van der Waals surface area contributed by atoms with Crippen molar-refractivity contribution in [3.05, 3.63) is 320 Å². The van der Waals surface area contributed by atoms with Crippen molar-refractivity contribution in [1.29, 1.82) is 0 Å². The number of anilines is 6. The van der Waals surface area contributed by atoms with Crippen LogP contribution in [-0.2, 0) is 16.2 Å². The van der Waals surface area contributed by atoms with Crippen molar-refractivity contribution in [3.63, 3.8) is 0 Å². The zero-order chi connectivity index (χ0) is 80.4. The van der Waals surface area contributed by atoms with Gasteiger partial charge >= 0.3 is 0 Å². The van der Waals surface area contributed by atoms with E-state index in [4.69, 9.17) is 5.79 Å². The predicted molar refractivity (Wildman–Crippen MR) is 434 cm³/mol. The summed E-state index contributed by atoms with van der Waals surface area (Å²) in [6.45, 7) is 19.2. The Hall–Kier alpha value is -11.9. The molecule has 17 aromatic rings. The minimum atomic E-state index is -0.739. The summed E-state index contributed by atoms with van der Waals surface area (Å²) in [5, 5.41) is 3.58. The number of hydrogen-bond acceptors (Lipinski definition) is 3. The van der Waals surface area contributed by atoms with E-state index in [1.165, 1.54) is 11.1 Å². The fourth-order valence-electron chi connectivity index (χ4n) is 16.0. The molecule has 6 heteroatoms. The van der Waals surface area contributed by atoms with Crippen LogP contribution >= 0.6 is 0 Å². The fraction of sp³-hybridized carbons (Fsp3) is 0.125. The van der Waals surface area contributed by atoms with Crippen molar-refractivity contribution in [3.8, 4) is 55.9 Å². The van der Waals surface area contributed by atoms with Gasteiger partial charge in [0.2, 0.25) is 0 Å². The van der Waals surface area contributed by atoms with Crippen LogP contribution in [0, 0.1) is 0 Å². The van der Waals surface area contributed by atoms with Gasteiger partial charge in [0.25, 0.3) is 6.71 Å². The molecule has 19 rings (SSSR count). The summed E-state index contributed by atoms with van der Waals surface area (Å²) >= 11 is 0. The third-order valence-corrected chi connectivity index (χ3v) is 21.0. The van der Waals surface area contributed by atoms with Crippen LogP contribution in [0.2, 0.25) is 0 Å². The molecule has 5 heterocycles. The topological polar surface area (TPSA) is 29.5 Å². The van der Waals surface area contributed by atoms with Crippen molar-refractivity contribution in [1.82, 2.24) is 9.13 Å². The summed E-state index contributed by atoms with van der Waals surface area (Å²) in [5.74, 6) is 0. The van der Waals surface area contributed by atoms with E-state index in [2.05, 4.69) is 198 Å². The molecule has 0 fully saturated rings. The highest BCUT2D eigenvalue weighted by atomic mass is 16.3. The fourth-order valence-corrected chi connectivity index (χ4v) is 16.0. The summed E-state index contributed by atoms with van der Waals surface area (Å²) in [6.07, 6.45) is 0. The summed E-state index contributed by atoms with van der Waals surface area (Å²) in [6, 6.07) is 70.8. The highest BCUT2D eigenvalue weighted by Gasteiger charge is 2.46. The first-order valence-corrected chi connectivity index (χ1v) is 34.9. The molecule has 0 saturated carbocycles. The lowest BCUT2D eigenvalue weighted by Gasteiger charge is -2.45. The van der Waals surface area contributed by atoms with Crippen molar-refractivity contribution < 1.29 is 22.2 Å². The number of benzene rings is 14. The van der Waals surface area contributed by atoms with Crippen LogP contribution in [0.4, 0.5) is 34.1 Å². The van der Waals surface area contributed by atoms with E-state index in [1.54, 1.807) is 4.57 Å². The van der Waals surface area contributed by atoms with E-state index in [9.17, 15) is 16.4 Å². The third kappa shape index (κ3) is 9.67. The zero-order valence-corrected chi connectivity index (χ0v) is 58.1. The Morgan fingerprint density at radius 2 is 0.804 bits per heavy atom. The largest absolute Gasteiger partial charge is 0.456 e. The van der Waals surface area contributed by atoms with Crippen LogP contribution in [0.5, 0.6) is 0 Å². The van der Waals surface area contributed by atoms with Crippen molar-refractivity contribution >= 4 is 123 Å². The van der Waals surface area contributed by atoms with Crippen molar-refractivity contribution in [2.24, 2.45) is 0 Å². The minimum Gasteiger partial charge on any atom is -0.456 e. The Morgan fingerprint density at radius 3 is 1.39 bits per heavy atom. The van der Waals surface area contributed by atoms with Crippen LogP contribution in [0.15, 0.2) is 307 Å². The van der Waals surface area contributed by atoms with E-state index in [0.717, 1.165) is 99.3 Å². The van der Waals surface area contributed by atoms with Crippen molar-refractivity contribution in [2.75, 3.05) is 9.80 Å². The van der Waals surface area contributed by atoms with Crippen LogP contribution in [0.3, 0.4) is 0 Å². The lowest BCUT2D eigenvalue weighted by atomic mass is 9.33. The molecular weight excluding hydrogens is 1240 g/mol. The lowest BCUT2D eigenvalue weighted by Crippen LogP contribution is -2.61.